The molecule has 3 aromatic heterocycles. The highest BCUT2D eigenvalue weighted by atomic mass is 19.1. The van der Waals surface area contributed by atoms with E-state index in [2.05, 4.69) is 16.0 Å². The Hall–Kier alpha value is -2.60. The van der Waals surface area contributed by atoms with Crippen LogP contribution in [-0.2, 0) is 19.4 Å². The zero-order valence-corrected chi connectivity index (χ0v) is 15.7. The predicted octanol–water partition coefficient (Wildman–Crippen LogP) is 3.87. The van der Waals surface area contributed by atoms with Gasteiger partial charge in [-0.1, -0.05) is 25.3 Å². The largest absolute Gasteiger partial charge is 0.390 e. The molecular formula is C22H23FN4O. The van der Waals surface area contributed by atoms with Gasteiger partial charge in [0.15, 0.2) is 11.5 Å². The number of aliphatic hydroxyl groups excluding tert-OH is 1. The lowest BCUT2D eigenvalue weighted by molar-refractivity contribution is 0.275. The summed E-state index contributed by atoms with van der Waals surface area (Å²) in [4.78, 5) is 13.6. The molecule has 6 heteroatoms. The Labute approximate surface area is 163 Å². The topological polar surface area (TPSA) is 63.3 Å². The molecule has 3 aromatic rings. The average Bonchev–Trinajstić information content (AvgIpc) is 2.97. The molecule has 0 atom stereocenters. The lowest BCUT2D eigenvalue weighted by atomic mass is 9.83. The SMILES string of the molecule is OCc1cnc2c(F)cc(C3=CCCCc4nc(CC5CCC5)ncc43)cn12. The number of halogens is 1. The zero-order chi connectivity index (χ0) is 19.1. The van der Waals surface area contributed by atoms with Crippen LogP contribution in [0.25, 0.3) is 11.2 Å². The second-order valence-electron chi connectivity index (χ2n) is 7.84. The van der Waals surface area contributed by atoms with Crippen LogP contribution in [0, 0.1) is 11.7 Å². The molecule has 0 aromatic carbocycles. The molecule has 0 amide bonds. The van der Waals surface area contributed by atoms with Crippen molar-refractivity contribution in [1.82, 2.24) is 19.4 Å². The van der Waals surface area contributed by atoms with Crippen LogP contribution in [0.5, 0.6) is 0 Å². The van der Waals surface area contributed by atoms with E-state index in [-0.39, 0.29) is 12.3 Å². The zero-order valence-electron chi connectivity index (χ0n) is 15.7. The van der Waals surface area contributed by atoms with Crippen LogP contribution < -0.4 is 0 Å². The summed E-state index contributed by atoms with van der Waals surface area (Å²) in [6.45, 7) is -0.187. The molecule has 5 rings (SSSR count). The molecule has 1 saturated carbocycles. The van der Waals surface area contributed by atoms with Crippen molar-refractivity contribution in [3.63, 3.8) is 0 Å². The van der Waals surface area contributed by atoms with Crippen LogP contribution in [-0.4, -0.2) is 24.5 Å². The van der Waals surface area contributed by atoms with Crippen LogP contribution in [0.1, 0.15) is 60.4 Å². The second-order valence-corrected chi connectivity index (χ2v) is 7.84. The molecule has 1 N–H and O–H groups in total. The minimum Gasteiger partial charge on any atom is -0.390 e. The van der Waals surface area contributed by atoms with Gasteiger partial charge in [0.05, 0.1) is 24.2 Å². The van der Waals surface area contributed by atoms with Crippen molar-refractivity contribution in [2.75, 3.05) is 0 Å². The number of hydrogen-bond acceptors (Lipinski definition) is 4. The van der Waals surface area contributed by atoms with E-state index in [4.69, 9.17) is 4.98 Å². The third kappa shape index (κ3) is 3.02. The van der Waals surface area contributed by atoms with Gasteiger partial charge in [0.25, 0.3) is 0 Å². The summed E-state index contributed by atoms with van der Waals surface area (Å²) in [6, 6.07) is 1.52. The van der Waals surface area contributed by atoms with Crippen molar-refractivity contribution in [2.24, 2.45) is 5.92 Å². The van der Waals surface area contributed by atoms with Crippen molar-refractivity contribution >= 4 is 11.2 Å². The van der Waals surface area contributed by atoms with Crippen LogP contribution in [0.15, 0.2) is 30.7 Å². The van der Waals surface area contributed by atoms with E-state index in [1.54, 1.807) is 4.40 Å². The number of imidazole rings is 1. The van der Waals surface area contributed by atoms with E-state index in [1.807, 2.05) is 12.4 Å². The number of aromatic nitrogens is 4. The Morgan fingerprint density at radius 3 is 2.86 bits per heavy atom. The van der Waals surface area contributed by atoms with Gasteiger partial charge in [0.2, 0.25) is 0 Å². The highest BCUT2D eigenvalue weighted by molar-refractivity contribution is 5.81. The molecule has 0 radical (unpaired) electrons. The van der Waals surface area contributed by atoms with Crippen molar-refractivity contribution in [3.8, 4) is 0 Å². The maximum atomic E-state index is 14.7. The lowest BCUT2D eigenvalue weighted by Crippen LogP contribution is -2.16. The van der Waals surface area contributed by atoms with Crippen molar-refractivity contribution in [2.45, 2.75) is 51.6 Å². The van der Waals surface area contributed by atoms with E-state index in [1.165, 1.54) is 31.5 Å². The van der Waals surface area contributed by atoms with Crippen LogP contribution >= 0.6 is 0 Å². The molecule has 28 heavy (non-hydrogen) atoms. The monoisotopic (exact) mass is 378 g/mol. The smallest absolute Gasteiger partial charge is 0.173 e. The molecule has 1 fully saturated rings. The van der Waals surface area contributed by atoms with Gasteiger partial charge in [-0.05, 0) is 36.8 Å². The van der Waals surface area contributed by atoms with Crippen LogP contribution in [0.3, 0.4) is 0 Å². The molecule has 144 valence electrons. The minimum atomic E-state index is -0.397. The third-order valence-corrected chi connectivity index (χ3v) is 5.98. The number of nitrogens with zero attached hydrogens (tertiary/aromatic N) is 4. The minimum absolute atomic E-state index is 0.187. The molecule has 0 saturated heterocycles. The Morgan fingerprint density at radius 2 is 2.07 bits per heavy atom. The van der Waals surface area contributed by atoms with E-state index in [0.717, 1.165) is 59.8 Å². The first kappa shape index (κ1) is 17.5. The number of hydrogen-bond donors (Lipinski definition) is 1. The maximum Gasteiger partial charge on any atom is 0.173 e. The molecule has 0 bridgehead atoms. The molecule has 0 spiro atoms. The predicted molar refractivity (Wildman–Crippen MR) is 104 cm³/mol. The maximum absolute atomic E-state index is 14.7. The fourth-order valence-electron chi connectivity index (χ4n) is 4.19. The standard InChI is InChI=1S/C22H23FN4O/c23-19-9-15(12-27-16(13-28)10-25-22(19)27)17-6-1-2-7-20-18(17)11-24-21(26-20)8-14-4-3-5-14/h6,9-12,14,28H,1-5,7-8,13H2. The van der Waals surface area contributed by atoms with Crippen molar-refractivity contribution in [3.05, 3.63) is 64.9 Å². The first-order chi connectivity index (χ1) is 13.7. The molecule has 5 nitrogen and oxygen atoms in total. The van der Waals surface area contributed by atoms with Gasteiger partial charge in [0.1, 0.15) is 5.82 Å². The Morgan fingerprint density at radius 1 is 1.18 bits per heavy atom. The van der Waals surface area contributed by atoms with Gasteiger partial charge in [-0.2, -0.15) is 0 Å². The normalized spacial score (nSPS) is 17.1. The van der Waals surface area contributed by atoms with Gasteiger partial charge in [-0.15, -0.1) is 0 Å². The third-order valence-electron chi connectivity index (χ3n) is 5.98. The van der Waals surface area contributed by atoms with Crippen LogP contribution in [0.4, 0.5) is 4.39 Å². The van der Waals surface area contributed by atoms with E-state index in [0.29, 0.717) is 5.69 Å². The van der Waals surface area contributed by atoms with Crippen molar-refractivity contribution in [1.29, 1.82) is 0 Å². The van der Waals surface area contributed by atoms with E-state index < -0.39 is 5.82 Å². The summed E-state index contributed by atoms with van der Waals surface area (Å²) in [7, 11) is 0. The second kappa shape index (κ2) is 7.09. The molecule has 2 aliphatic rings. The number of aryl methyl sites for hydroxylation is 1. The number of rotatable bonds is 4. The highest BCUT2D eigenvalue weighted by Gasteiger charge is 2.22. The number of fused-ring (bicyclic) bond motifs is 2. The summed E-state index contributed by atoms with van der Waals surface area (Å²) in [6.07, 6.45) is 15.1. The summed E-state index contributed by atoms with van der Waals surface area (Å²) in [5, 5.41) is 9.53. The highest BCUT2D eigenvalue weighted by Crippen LogP contribution is 2.32. The summed E-state index contributed by atoms with van der Waals surface area (Å²) in [5.41, 5.74) is 4.56. The van der Waals surface area contributed by atoms with Crippen molar-refractivity contribution < 1.29 is 9.50 Å². The first-order valence-corrected chi connectivity index (χ1v) is 10.0. The number of pyridine rings is 1. The van der Waals surface area contributed by atoms with Crippen LogP contribution in [0.2, 0.25) is 0 Å². The summed E-state index contributed by atoms with van der Waals surface area (Å²) in [5.74, 6) is 1.27. The number of aliphatic hydroxyl groups is 1. The van der Waals surface area contributed by atoms with Gasteiger partial charge in [-0.25, -0.2) is 19.3 Å². The average molecular weight is 378 g/mol. The fourth-order valence-corrected chi connectivity index (χ4v) is 4.19. The summed E-state index contributed by atoms with van der Waals surface area (Å²) >= 11 is 0. The van der Waals surface area contributed by atoms with Gasteiger partial charge in [-0.3, -0.25) is 4.40 Å². The molecule has 0 aliphatic heterocycles. The molecule has 3 heterocycles. The molecule has 0 unspecified atom stereocenters. The molecular weight excluding hydrogens is 355 g/mol. The Bertz CT molecular complexity index is 1070. The molecule has 2 aliphatic carbocycles. The van der Waals surface area contributed by atoms with Gasteiger partial charge in [0, 0.05) is 29.9 Å². The quantitative estimate of drug-likeness (QED) is 0.749. The summed E-state index contributed by atoms with van der Waals surface area (Å²) < 4.78 is 16.3. The Balaban J connectivity index is 1.57. The number of allylic oxidation sites excluding steroid dienone is 1. The van der Waals surface area contributed by atoms with E-state index >= 15 is 0 Å². The fraction of sp³-hybridized carbons (Fsp3) is 0.409. The van der Waals surface area contributed by atoms with E-state index in [9.17, 15) is 9.50 Å². The van der Waals surface area contributed by atoms with Gasteiger partial charge < -0.3 is 5.11 Å². The lowest BCUT2D eigenvalue weighted by Gasteiger charge is -2.24. The first-order valence-electron chi connectivity index (χ1n) is 10.0. The Kier molecular flexibility index (Phi) is 4.43. The van der Waals surface area contributed by atoms with Gasteiger partial charge >= 0.3 is 0 Å².